The number of hydrogen-bond donors (Lipinski definition) is 1. The summed E-state index contributed by atoms with van der Waals surface area (Å²) in [5, 5.41) is 3.64. The smallest absolute Gasteiger partial charge is 0.127 e. The van der Waals surface area contributed by atoms with Crippen molar-refractivity contribution in [3.63, 3.8) is 0 Å². The molecule has 0 aromatic heterocycles. The molecule has 1 aromatic carbocycles. The Balaban J connectivity index is 1.94. The van der Waals surface area contributed by atoms with Crippen LogP contribution in [0.2, 0.25) is 0 Å². The van der Waals surface area contributed by atoms with Crippen molar-refractivity contribution in [1.29, 1.82) is 0 Å². The number of hydrogen-bond acceptors (Lipinski definition) is 2. The van der Waals surface area contributed by atoms with Gasteiger partial charge in [-0.25, -0.2) is 4.39 Å². The molecule has 0 radical (unpaired) electrons. The van der Waals surface area contributed by atoms with E-state index in [9.17, 15) is 4.39 Å². The van der Waals surface area contributed by atoms with Gasteiger partial charge >= 0.3 is 0 Å². The summed E-state index contributed by atoms with van der Waals surface area (Å²) in [6, 6.07) is 5.29. The van der Waals surface area contributed by atoms with Crippen LogP contribution in [0.25, 0.3) is 0 Å². The highest BCUT2D eigenvalue weighted by Crippen LogP contribution is 2.48. The molecule has 0 bridgehead atoms. The first-order valence-electron chi connectivity index (χ1n) is 8.36. The topological polar surface area (TPSA) is 21.3 Å². The lowest BCUT2D eigenvalue weighted by atomic mass is 9.70. The molecule has 1 aromatic rings. The monoisotopic (exact) mass is 291 g/mol. The molecule has 3 heteroatoms. The first kappa shape index (κ1) is 14.8. The molecule has 1 fully saturated rings. The van der Waals surface area contributed by atoms with Crippen molar-refractivity contribution in [2.75, 3.05) is 6.54 Å². The number of ether oxygens (including phenoxy) is 1. The minimum Gasteiger partial charge on any atom is -0.486 e. The fourth-order valence-electron chi connectivity index (χ4n) is 3.94. The second-order valence-corrected chi connectivity index (χ2v) is 6.71. The highest BCUT2D eigenvalue weighted by molar-refractivity contribution is 5.39. The summed E-state index contributed by atoms with van der Waals surface area (Å²) in [5.74, 6) is 1.08. The zero-order valence-corrected chi connectivity index (χ0v) is 13.1. The summed E-state index contributed by atoms with van der Waals surface area (Å²) < 4.78 is 20.0. The Morgan fingerprint density at radius 2 is 2.24 bits per heavy atom. The zero-order chi connectivity index (χ0) is 14.9. The number of halogens is 1. The second kappa shape index (κ2) is 5.96. The van der Waals surface area contributed by atoms with Gasteiger partial charge in [0, 0.05) is 24.1 Å². The molecule has 0 saturated heterocycles. The summed E-state index contributed by atoms with van der Waals surface area (Å²) in [5.41, 5.74) is 1.01. The largest absolute Gasteiger partial charge is 0.486 e. The molecule has 3 rings (SSSR count). The summed E-state index contributed by atoms with van der Waals surface area (Å²) in [6.07, 6.45) is 6.92. The maximum Gasteiger partial charge on any atom is 0.127 e. The molecular weight excluding hydrogens is 265 g/mol. The fourth-order valence-corrected chi connectivity index (χ4v) is 3.94. The molecule has 1 aliphatic carbocycles. The van der Waals surface area contributed by atoms with Crippen LogP contribution in [0, 0.1) is 11.7 Å². The van der Waals surface area contributed by atoms with Crippen molar-refractivity contribution in [1.82, 2.24) is 5.32 Å². The van der Waals surface area contributed by atoms with Crippen molar-refractivity contribution < 1.29 is 9.13 Å². The Kier molecular flexibility index (Phi) is 4.21. The second-order valence-electron chi connectivity index (χ2n) is 6.71. The highest BCUT2D eigenvalue weighted by atomic mass is 19.1. The molecule has 1 aliphatic heterocycles. The van der Waals surface area contributed by atoms with Gasteiger partial charge in [0.1, 0.15) is 17.2 Å². The Morgan fingerprint density at radius 1 is 1.38 bits per heavy atom. The fraction of sp³-hybridized carbons (Fsp3) is 0.667. The van der Waals surface area contributed by atoms with Crippen molar-refractivity contribution in [2.24, 2.45) is 5.92 Å². The van der Waals surface area contributed by atoms with Crippen LogP contribution in [0.15, 0.2) is 18.2 Å². The van der Waals surface area contributed by atoms with Crippen LogP contribution in [-0.4, -0.2) is 12.1 Å². The molecule has 1 heterocycles. The minimum absolute atomic E-state index is 0.107. The number of nitrogens with one attached hydrogen (secondary N) is 1. The minimum atomic E-state index is -0.205. The Morgan fingerprint density at radius 3 is 3.00 bits per heavy atom. The lowest BCUT2D eigenvalue weighted by Gasteiger charge is -2.48. The van der Waals surface area contributed by atoms with Gasteiger partial charge in [-0.15, -0.1) is 0 Å². The van der Waals surface area contributed by atoms with Gasteiger partial charge in [-0.2, -0.15) is 0 Å². The predicted octanol–water partition coefficient (Wildman–Crippen LogP) is 4.60. The molecule has 3 unspecified atom stereocenters. The van der Waals surface area contributed by atoms with E-state index in [-0.39, 0.29) is 17.5 Å². The van der Waals surface area contributed by atoms with Gasteiger partial charge in [0.15, 0.2) is 0 Å². The quantitative estimate of drug-likeness (QED) is 0.879. The van der Waals surface area contributed by atoms with E-state index in [1.165, 1.54) is 19.3 Å². The van der Waals surface area contributed by atoms with E-state index in [0.29, 0.717) is 5.92 Å². The van der Waals surface area contributed by atoms with E-state index in [1.807, 2.05) is 6.07 Å². The number of rotatable bonds is 3. The van der Waals surface area contributed by atoms with Crippen LogP contribution >= 0.6 is 0 Å². The molecule has 1 spiro atoms. The Hall–Kier alpha value is -1.09. The molecule has 2 aliphatic rings. The third-order valence-electron chi connectivity index (χ3n) is 5.24. The summed E-state index contributed by atoms with van der Waals surface area (Å²) >= 11 is 0. The Labute approximate surface area is 127 Å². The van der Waals surface area contributed by atoms with E-state index >= 15 is 0 Å². The van der Waals surface area contributed by atoms with Gasteiger partial charge < -0.3 is 10.1 Å². The Bertz CT molecular complexity index is 504. The van der Waals surface area contributed by atoms with Crippen LogP contribution < -0.4 is 10.1 Å². The average molecular weight is 291 g/mol. The first-order valence-corrected chi connectivity index (χ1v) is 8.36. The molecule has 2 nitrogen and oxygen atoms in total. The molecule has 116 valence electrons. The van der Waals surface area contributed by atoms with Gasteiger partial charge in [0.25, 0.3) is 0 Å². The van der Waals surface area contributed by atoms with Crippen LogP contribution in [0.5, 0.6) is 5.75 Å². The molecule has 1 saturated carbocycles. The van der Waals surface area contributed by atoms with Crippen molar-refractivity contribution >= 4 is 0 Å². The molecule has 0 amide bonds. The molecule has 3 atom stereocenters. The van der Waals surface area contributed by atoms with Gasteiger partial charge in [-0.1, -0.05) is 26.3 Å². The summed E-state index contributed by atoms with van der Waals surface area (Å²) in [7, 11) is 0. The zero-order valence-electron chi connectivity index (χ0n) is 13.1. The maximum absolute atomic E-state index is 13.6. The van der Waals surface area contributed by atoms with Gasteiger partial charge in [0.05, 0.1) is 0 Å². The van der Waals surface area contributed by atoms with Crippen LogP contribution in [0.1, 0.15) is 64.0 Å². The normalized spacial score (nSPS) is 31.8. The highest BCUT2D eigenvalue weighted by Gasteiger charge is 2.46. The molecule has 21 heavy (non-hydrogen) atoms. The molecular formula is C18H26FNO. The van der Waals surface area contributed by atoms with E-state index in [1.54, 1.807) is 12.1 Å². The standard InChI is InChI=1S/C18H26FNO/c1-3-10-20-16-12-18(9-5-4-6-13(18)2)21-17-11-14(19)7-8-15(16)17/h7-8,11,13,16,20H,3-6,9-10,12H2,1-2H3. The van der Waals surface area contributed by atoms with Crippen molar-refractivity contribution in [2.45, 2.75) is 64.0 Å². The van der Waals surface area contributed by atoms with E-state index in [4.69, 9.17) is 4.74 Å². The van der Waals surface area contributed by atoms with Crippen LogP contribution in [-0.2, 0) is 0 Å². The predicted molar refractivity (Wildman–Crippen MR) is 83.0 cm³/mol. The van der Waals surface area contributed by atoms with Crippen molar-refractivity contribution in [3.05, 3.63) is 29.6 Å². The SMILES string of the molecule is CCCNC1CC2(CCCCC2C)Oc2cc(F)ccc21. The van der Waals surface area contributed by atoms with Crippen molar-refractivity contribution in [3.8, 4) is 5.75 Å². The lowest BCUT2D eigenvalue weighted by Crippen LogP contribution is -2.50. The first-order chi connectivity index (χ1) is 10.1. The van der Waals surface area contributed by atoms with Gasteiger partial charge in [0.2, 0.25) is 0 Å². The third kappa shape index (κ3) is 2.80. The number of benzene rings is 1. The maximum atomic E-state index is 13.6. The van der Waals surface area contributed by atoms with Crippen LogP contribution in [0.3, 0.4) is 0 Å². The lowest BCUT2D eigenvalue weighted by molar-refractivity contribution is -0.0445. The number of fused-ring (bicyclic) bond motifs is 1. The third-order valence-corrected chi connectivity index (χ3v) is 5.24. The average Bonchev–Trinajstić information content (AvgIpc) is 2.47. The molecule has 1 N–H and O–H groups in total. The van der Waals surface area contributed by atoms with Gasteiger partial charge in [-0.05, 0) is 44.2 Å². The van der Waals surface area contributed by atoms with Gasteiger partial charge in [-0.3, -0.25) is 0 Å². The summed E-state index contributed by atoms with van der Waals surface area (Å²) in [4.78, 5) is 0. The van der Waals surface area contributed by atoms with Crippen LogP contribution in [0.4, 0.5) is 4.39 Å². The van der Waals surface area contributed by atoms with E-state index < -0.39 is 0 Å². The summed E-state index contributed by atoms with van der Waals surface area (Å²) in [6.45, 7) is 5.46. The van der Waals surface area contributed by atoms with E-state index in [2.05, 4.69) is 19.2 Å². The van der Waals surface area contributed by atoms with E-state index in [0.717, 1.165) is 37.1 Å².